The Labute approximate surface area is 165 Å². The van der Waals surface area contributed by atoms with Gasteiger partial charge in [0.15, 0.2) is 5.69 Å². The molecule has 1 unspecified atom stereocenters. The SMILES string of the molecule is O=C(O)CCC(CC1CCCCC1)NC(=O)c1cn(Cc2ccccc2)nn1. The van der Waals surface area contributed by atoms with Crippen LogP contribution in [0.15, 0.2) is 36.5 Å². The number of carboxylic acids is 1. The van der Waals surface area contributed by atoms with E-state index in [0.717, 1.165) is 24.8 Å². The standard InChI is InChI=1S/C21H28N4O3/c26-20(27)12-11-18(13-16-7-3-1-4-8-16)22-21(28)19-15-25(24-23-19)14-17-9-5-2-6-10-17/h2,5-6,9-10,15-16,18H,1,3-4,7-8,11-14H2,(H,22,28)(H,26,27). The van der Waals surface area contributed by atoms with Gasteiger partial charge in [0.2, 0.25) is 0 Å². The molecule has 0 aliphatic heterocycles. The van der Waals surface area contributed by atoms with Gasteiger partial charge in [0, 0.05) is 12.5 Å². The van der Waals surface area contributed by atoms with E-state index in [0.29, 0.717) is 18.9 Å². The lowest BCUT2D eigenvalue weighted by molar-refractivity contribution is -0.137. The second-order valence-corrected chi connectivity index (χ2v) is 7.63. The predicted molar refractivity (Wildman–Crippen MR) is 105 cm³/mol. The first kappa shape index (κ1) is 20.0. The molecule has 0 saturated heterocycles. The van der Waals surface area contributed by atoms with E-state index < -0.39 is 5.97 Å². The molecule has 1 aliphatic carbocycles. The van der Waals surface area contributed by atoms with Crippen molar-refractivity contribution in [3.63, 3.8) is 0 Å². The van der Waals surface area contributed by atoms with E-state index in [9.17, 15) is 9.59 Å². The van der Waals surface area contributed by atoms with Gasteiger partial charge in [0.1, 0.15) is 0 Å². The van der Waals surface area contributed by atoms with Gasteiger partial charge in [0.25, 0.3) is 5.91 Å². The van der Waals surface area contributed by atoms with Crippen molar-refractivity contribution in [3.05, 3.63) is 47.8 Å². The number of hydrogen-bond donors (Lipinski definition) is 2. The van der Waals surface area contributed by atoms with Crippen molar-refractivity contribution in [2.24, 2.45) is 5.92 Å². The quantitative estimate of drug-likeness (QED) is 0.692. The number of amides is 1. The Kier molecular flexibility index (Phi) is 7.17. The number of nitrogens with one attached hydrogen (secondary N) is 1. The van der Waals surface area contributed by atoms with Gasteiger partial charge in [-0.05, 0) is 24.3 Å². The second kappa shape index (κ2) is 10.0. The molecule has 2 N–H and O–H groups in total. The summed E-state index contributed by atoms with van der Waals surface area (Å²) in [5.74, 6) is -0.566. The average Bonchev–Trinajstić information content (AvgIpc) is 3.16. The lowest BCUT2D eigenvalue weighted by Crippen LogP contribution is -2.37. The molecular weight excluding hydrogens is 356 g/mol. The molecule has 0 radical (unpaired) electrons. The molecule has 3 rings (SSSR count). The van der Waals surface area contributed by atoms with Gasteiger partial charge in [-0.3, -0.25) is 9.59 Å². The minimum atomic E-state index is -0.836. The van der Waals surface area contributed by atoms with Crippen LogP contribution in [0, 0.1) is 5.92 Å². The van der Waals surface area contributed by atoms with Crippen molar-refractivity contribution in [1.29, 1.82) is 0 Å². The van der Waals surface area contributed by atoms with Crippen molar-refractivity contribution in [2.75, 3.05) is 0 Å². The van der Waals surface area contributed by atoms with Crippen molar-refractivity contribution < 1.29 is 14.7 Å². The number of rotatable bonds is 9. The number of hydrogen-bond acceptors (Lipinski definition) is 4. The molecule has 0 bridgehead atoms. The molecule has 7 nitrogen and oxygen atoms in total. The van der Waals surface area contributed by atoms with Crippen LogP contribution in [-0.2, 0) is 11.3 Å². The molecule has 1 heterocycles. The summed E-state index contributed by atoms with van der Waals surface area (Å²) in [6, 6.07) is 9.70. The van der Waals surface area contributed by atoms with Gasteiger partial charge in [-0.1, -0.05) is 67.6 Å². The highest BCUT2D eigenvalue weighted by Crippen LogP contribution is 2.28. The number of carbonyl (C=O) groups excluding carboxylic acids is 1. The van der Waals surface area contributed by atoms with Gasteiger partial charge in [-0.25, -0.2) is 4.68 Å². The molecule has 28 heavy (non-hydrogen) atoms. The van der Waals surface area contributed by atoms with Crippen molar-refractivity contribution in [3.8, 4) is 0 Å². The summed E-state index contributed by atoms with van der Waals surface area (Å²) < 4.78 is 1.64. The molecule has 1 fully saturated rings. The minimum absolute atomic E-state index is 0.0539. The Bertz CT molecular complexity index is 769. The Morgan fingerprint density at radius 1 is 1.18 bits per heavy atom. The second-order valence-electron chi connectivity index (χ2n) is 7.63. The lowest BCUT2D eigenvalue weighted by Gasteiger charge is -2.26. The Hall–Kier alpha value is -2.70. The maximum Gasteiger partial charge on any atom is 0.303 e. The molecule has 1 amide bonds. The Morgan fingerprint density at radius 3 is 2.64 bits per heavy atom. The predicted octanol–water partition coefficient (Wildman–Crippen LogP) is 3.26. The van der Waals surface area contributed by atoms with Crippen LogP contribution in [0.5, 0.6) is 0 Å². The number of carboxylic acid groups (broad SMARTS) is 1. The Balaban J connectivity index is 1.59. The zero-order valence-corrected chi connectivity index (χ0v) is 16.1. The zero-order valence-electron chi connectivity index (χ0n) is 16.1. The highest BCUT2D eigenvalue weighted by atomic mass is 16.4. The minimum Gasteiger partial charge on any atom is -0.481 e. The zero-order chi connectivity index (χ0) is 19.8. The third-order valence-corrected chi connectivity index (χ3v) is 5.34. The maximum absolute atomic E-state index is 12.6. The summed E-state index contributed by atoms with van der Waals surface area (Å²) in [7, 11) is 0. The van der Waals surface area contributed by atoms with E-state index in [4.69, 9.17) is 5.11 Å². The fourth-order valence-electron chi connectivity index (χ4n) is 3.88. The number of benzene rings is 1. The van der Waals surface area contributed by atoms with Crippen LogP contribution < -0.4 is 5.32 Å². The fraction of sp³-hybridized carbons (Fsp3) is 0.524. The van der Waals surface area contributed by atoms with Crippen LogP contribution >= 0.6 is 0 Å². The fourth-order valence-corrected chi connectivity index (χ4v) is 3.88. The number of aliphatic carboxylic acids is 1. The number of carbonyl (C=O) groups is 2. The van der Waals surface area contributed by atoms with Crippen molar-refractivity contribution in [1.82, 2.24) is 20.3 Å². The molecule has 1 aromatic heterocycles. The van der Waals surface area contributed by atoms with Crippen molar-refractivity contribution in [2.45, 2.75) is 64.0 Å². The van der Waals surface area contributed by atoms with Gasteiger partial charge >= 0.3 is 5.97 Å². The first-order valence-corrected chi connectivity index (χ1v) is 10.1. The van der Waals surface area contributed by atoms with Crippen LogP contribution in [0.2, 0.25) is 0 Å². The third-order valence-electron chi connectivity index (χ3n) is 5.34. The van der Waals surface area contributed by atoms with Gasteiger partial charge in [0.05, 0.1) is 12.7 Å². The molecule has 0 spiro atoms. The van der Waals surface area contributed by atoms with E-state index in [1.807, 2.05) is 30.3 Å². The summed E-state index contributed by atoms with van der Waals surface area (Å²) in [6.45, 7) is 0.547. The van der Waals surface area contributed by atoms with Crippen LogP contribution in [0.25, 0.3) is 0 Å². The largest absolute Gasteiger partial charge is 0.481 e. The smallest absolute Gasteiger partial charge is 0.303 e. The van der Waals surface area contributed by atoms with Crippen LogP contribution in [0.4, 0.5) is 0 Å². The third kappa shape index (κ3) is 6.18. The van der Waals surface area contributed by atoms with E-state index >= 15 is 0 Å². The number of aromatic nitrogens is 3. The molecule has 7 heteroatoms. The van der Waals surface area contributed by atoms with Gasteiger partial charge in [-0.15, -0.1) is 5.10 Å². The summed E-state index contributed by atoms with van der Waals surface area (Å²) in [5, 5.41) is 20.1. The van der Waals surface area contributed by atoms with E-state index in [1.165, 1.54) is 19.3 Å². The first-order valence-electron chi connectivity index (χ1n) is 10.1. The normalized spacial score (nSPS) is 15.9. The van der Waals surface area contributed by atoms with Crippen LogP contribution in [-0.4, -0.2) is 38.0 Å². The van der Waals surface area contributed by atoms with E-state index in [1.54, 1.807) is 10.9 Å². The summed E-state index contributed by atoms with van der Waals surface area (Å²) in [4.78, 5) is 23.6. The van der Waals surface area contributed by atoms with E-state index in [2.05, 4.69) is 15.6 Å². The Morgan fingerprint density at radius 2 is 1.93 bits per heavy atom. The molecule has 1 atom stereocenters. The molecule has 1 aromatic carbocycles. The molecule has 1 aliphatic rings. The maximum atomic E-state index is 12.6. The monoisotopic (exact) mass is 384 g/mol. The van der Waals surface area contributed by atoms with Crippen LogP contribution in [0.1, 0.15) is 67.4 Å². The molecule has 1 saturated carbocycles. The average molecular weight is 384 g/mol. The van der Waals surface area contributed by atoms with Gasteiger partial charge in [-0.2, -0.15) is 0 Å². The lowest BCUT2D eigenvalue weighted by atomic mass is 9.84. The van der Waals surface area contributed by atoms with E-state index in [-0.39, 0.29) is 24.1 Å². The van der Waals surface area contributed by atoms with Crippen molar-refractivity contribution >= 4 is 11.9 Å². The highest BCUT2D eigenvalue weighted by molar-refractivity contribution is 5.92. The molecular formula is C21H28N4O3. The highest BCUT2D eigenvalue weighted by Gasteiger charge is 2.22. The first-order chi connectivity index (χ1) is 13.6. The molecule has 150 valence electrons. The van der Waals surface area contributed by atoms with Crippen LogP contribution in [0.3, 0.4) is 0 Å². The van der Waals surface area contributed by atoms with Gasteiger partial charge < -0.3 is 10.4 Å². The summed E-state index contributed by atoms with van der Waals surface area (Å²) >= 11 is 0. The molecule has 2 aromatic rings. The number of nitrogens with zero attached hydrogens (tertiary/aromatic N) is 3. The summed E-state index contributed by atoms with van der Waals surface area (Å²) in [5.41, 5.74) is 1.34. The summed E-state index contributed by atoms with van der Waals surface area (Å²) in [6.07, 6.45) is 8.99. The topological polar surface area (TPSA) is 97.1 Å².